The molecule has 0 spiro atoms. The summed E-state index contributed by atoms with van der Waals surface area (Å²) in [6.45, 7) is 1.31. The van der Waals surface area contributed by atoms with Gasteiger partial charge >= 0.3 is 0 Å². The molecule has 1 aromatic carbocycles. The lowest BCUT2D eigenvalue weighted by atomic mass is 10.3. The maximum absolute atomic E-state index is 13.0. The Morgan fingerprint density at radius 3 is 2.80 bits per heavy atom. The van der Waals surface area contributed by atoms with Crippen molar-refractivity contribution in [3.63, 3.8) is 0 Å². The fourth-order valence-electron chi connectivity index (χ4n) is 2.79. The summed E-state index contributed by atoms with van der Waals surface area (Å²) < 4.78 is 20.1. The largest absolute Gasteiger partial charge is 0.338 e. The lowest BCUT2D eigenvalue weighted by molar-refractivity contribution is 0.260. The third-order valence-corrected chi connectivity index (χ3v) is 4.26. The summed E-state index contributed by atoms with van der Waals surface area (Å²) in [7, 11) is 2.00. The SMILES string of the molecule is CN(Cc1cnn(-c2ccc(F)cc2)c1)Cc1nc(CC2CC2)no1. The Kier molecular flexibility index (Phi) is 4.31. The van der Waals surface area contributed by atoms with Gasteiger partial charge in [-0.05, 0) is 50.1 Å². The second-order valence-electron chi connectivity index (χ2n) is 6.69. The predicted molar refractivity (Wildman–Crippen MR) is 89.4 cm³/mol. The minimum absolute atomic E-state index is 0.253. The fourth-order valence-corrected chi connectivity index (χ4v) is 2.79. The van der Waals surface area contributed by atoms with E-state index in [0.717, 1.165) is 29.4 Å². The third kappa shape index (κ3) is 4.11. The molecule has 3 aromatic rings. The maximum Gasteiger partial charge on any atom is 0.240 e. The first-order valence-electron chi connectivity index (χ1n) is 8.45. The molecule has 1 fully saturated rings. The summed E-state index contributed by atoms with van der Waals surface area (Å²) in [5.74, 6) is 1.95. The van der Waals surface area contributed by atoms with Gasteiger partial charge in [0.15, 0.2) is 5.82 Å². The van der Waals surface area contributed by atoms with Gasteiger partial charge in [0.25, 0.3) is 0 Å². The molecule has 0 aliphatic heterocycles. The summed E-state index contributed by atoms with van der Waals surface area (Å²) in [5.41, 5.74) is 1.89. The molecule has 4 rings (SSSR count). The zero-order valence-corrected chi connectivity index (χ0v) is 14.1. The molecule has 0 bridgehead atoms. The summed E-state index contributed by atoms with van der Waals surface area (Å²) >= 11 is 0. The molecule has 1 saturated carbocycles. The molecule has 0 radical (unpaired) electrons. The van der Waals surface area contributed by atoms with Gasteiger partial charge in [-0.2, -0.15) is 10.1 Å². The third-order valence-electron chi connectivity index (χ3n) is 4.26. The highest BCUT2D eigenvalue weighted by Gasteiger charge is 2.24. The zero-order chi connectivity index (χ0) is 17.2. The average molecular weight is 341 g/mol. The van der Waals surface area contributed by atoms with Gasteiger partial charge < -0.3 is 4.52 Å². The van der Waals surface area contributed by atoms with Crippen molar-refractivity contribution in [2.45, 2.75) is 32.4 Å². The van der Waals surface area contributed by atoms with Gasteiger partial charge in [-0.15, -0.1) is 0 Å². The first-order chi connectivity index (χ1) is 12.2. The molecule has 25 heavy (non-hydrogen) atoms. The lowest BCUT2D eigenvalue weighted by Gasteiger charge is -2.12. The van der Waals surface area contributed by atoms with Gasteiger partial charge in [0, 0.05) is 24.7 Å². The molecule has 0 saturated heterocycles. The first kappa shape index (κ1) is 16.0. The Morgan fingerprint density at radius 2 is 2.04 bits per heavy atom. The van der Waals surface area contributed by atoms with Crippen LogP contribution in [0.1, 0.15) is 30.1 Å². The van der Waals surface area contributed by atoms with Gasteiger partial charge in [-0.3, -0.25) is 4.90 Å². The van der Waals surface area contributed by atoms with E-state index < -0.39 is 0 Å². The number of hydrogen-bond acceptors (Lipinski definition) is 5. The molecule has 2 aromatic heterocycles. The van der Waals surface area contributed by atoms with Gasteiger partial charge in [-0.1, -0.05) is 5.16 Å². The molecule has 0 unspecified atom stereocenters. The van der Waals surface area contributed by atoms with Crippen LogP contribution in [0.2, 0.25) is 0 Å². The fraction of sp³-hybridized carbons (Fsp3) is 0.389. The summed E-state index contributed by atoms with van der Waals surface area (Å²) in [6.07, 6.45) is 7.24. The van der Waals surface area contributed by atoms with Crippen molar-refractivity contribution in [2.24, 2.45) is 5.92 Å². The molecular formula is C18H20FN5O. The van der Waals surface area contributed by atoms with Crippen molar-refractivity contribution in [3.8, 4) is 5.69 Å². The van der Waals surface area contributed by atoms with Crippen molar-refractivity contribution in [3.05, 3.63) is 59.8 Å². The molecule has 130 valence electrons. The molecule has 0 N–H and O–H groups in total. The highest BCUT2D eigenvalue weighted by atomic mass is 19.1. The number of benzene rings is 1. The topological polar surface area (TPSA) is 60.0 Å². The van der Waals surface area contributed by atoms with Crippen LogP contribution in [0.15, 0.2) is 41.2 Å². The van der Waals surface area contributed by atoms with Crippen LogP contribution in [-0.2, 0) is 19.5 Å². The smallest absolute Gasteiger partial charge is 0.240 e. The van der Waals surface area contributed by atoms with E-state index in [1.165, 1.54) is 25.0 Å². The molecule has 2 heterocycles. The highest BCUT2D eigenvalue weighted by Crippen LogP contribution is 2.31. The van der Waals surface area contributed by atoms with E-state index in [2.05, 4.69) is 20.1 Å². The van der Waals surface area contributed by atoms with Crippen LogP contribution in [0.5, 0.6) is 0 Å². The minimum Gasteiger partial charge on any atom is -0.338 e. The molecular weight excluding hydrogens is 321 g/mol. The van der Waals surface area contributed by atoms with E-state index in [9.17, 15) is 4.39 Å². The monoisotopic (exact) mass is 341 g/mol. The number of halogens is 1. The van der Waals surface area contributed by atoms with Crippen LogP contribution in [0.4, 0.5) is 4.39 Å². The van der Waals surface area contributed by atoms with Crippen LogP contribution < -0.4 is 0 Å². The van der Waals surface area contributed by atoms with Gasteiger partial charge in [0.1, 0.15) is 5.82 Å². The Hall–Kier alpha value is -2.54. The van der Waals surface area contributed by atoms with Crippen LogP contribution in [0.25, 0.3) is 5.69 Å². The lowest BCUT2D eigenvalue weighted by Crippen LogP contribution is -2.17. The zero-order valence-electron chi connectivity index (χ0n) is 14.1. The quantitative estimate of drug-likeness (QED) is 0.661. The number of aromatic nitrogens is 4. The van der Waals surface area contributed by atoms with Crippen molar-refractivity contribution in [1.82, 2.24) is 24.8 Å². The van der Waals surface area contributed by atoms with Crippen LogP contribution in [-0.4, -0.2) is 31.9 Å². The summed E-state index contributed by atoms with van der Waals surface area (Å²) in [4.78, 5) is 6.55. The minimum atomic E-state index is -0.253. The molecule has 1 aliphatic carbocycles. The predicted octanol–water partition coefficient (Wildman–Crippen LogP) is 2.98. The normalized spacial score (nSPS) is 14.4. The molecule has 1 aliphatic rings. The highest BCUT2D eigenvalue weighted by molar-refractivity contribution is 5.31. The first-order valence-corrected chi connectivity index (χ1v) is 8.45. The van der Waals surface area contributed by atoms with Gasteiger partial charge in [0.2, 0.25) is 5.89 Å². The van der Waals surface area contributed by atoms with Crippen molar-refractivity contribution >= 4 is 0 Å². The Balaban J connectivity index is 1.35. The van der Waals surface area contributed by atoms with Gasteiger partial charge in [0.05, 0.1) is 18.4 Å². The Labute approximate surface area is 145 Å². The second-order valence-corrected chi connectivity index (χ2v) is 6.69. The van der Waals surface area contributed by atoms with E-state index >= 15 is 0 Å². The Bertz CT molecular complexity index is 837. The van der Waals surface area contributed by atoms with Crippen LogP contribution in [0.3, 0.4) is 0 Å². The number of rotatable bonds is 7. The van der Waals surface area contributed by atoms with Crippen LogP contribution >= 0.6 is 0 Å². The second kappa shape index (κ2) is 6.76. The molecule has 6 nitrogen and oxygen atoms in total. The van der Waals surface area contributed by atoms with Crippen molar-refractivity contribution < 1.29 is 8.91 Å². The van der Waals surface area contributed by atoms with Crippen LogP contribution in [0, 0.1) is 11.7 Å². The molecule has 7 heteroatoms. The maximum atomic E-state index is 13.0. The molecule has 0 amide bonds. The standard InChI is InChI=1S/C18H20FN5O/c1-23(12-18-21-17(22-25-18)8-13-2-3-13)10-14-9-20-24(11-14)16-6-4-15(19)5-7-16/h4-7,9,11,13H,2-3,8,10,12H2,1H3. The number of nitrogens with zero attached hydrogens (tertiary/aromatic N) is 5. The van der Waals surface area contributed by atoms with Gasteiger partial charge in [-0.25, -0.2) is 9.07 Å². The Morgan fingerprint density at radius 1 is 1.24 bits per heavy atom. The van der Waals surface area contributed by atoms with E-state index in [1.807, 2.05) is 19.4 Å². The van der Waals surface area contributed by atoms with Crippen molar-refractivity contribution in [2.75, 3.05) is 7.05 Å². The summed E-state index contributed by atoms with van der Waals surface area (Å²) in [5, 5.41) is 8.38. The van der Waals surface area contributed by atoms with E-state index in [-0.39, 0.29) is 5.82 Å². The van der Waals surface area contributed by atoms with Crippen molar-refractivity contribution in [1.29, 1.82) is 0 Å². The van der Waals surface area contributed by atoms with E-state index in [1.54, 1.807) is 16.8 Å². The number of hydrogen-bond donors (Lipinski definition) is 0. The molecule has 0 atom stereocenters. The van der Waals surface area contributed by atoms with E-state index in [4.69, 9.17) is 4.52 Å². The average Bonchev–Trinajstić information content (AvgIpc) is 3.10. The summed E-state index contributed by atoms with van der Waals surface area (Å²) in [6, 6.07) is 6.26. The van der Waals surface area contributed by atoms with E-state index in [0.29, 0.717) is 19.0 Å².